The van der Waals surface area contributed by atoms with E-state index >= 15 is 0 Å². The summed E-state index contributed by atoms with van der Waals surface area (Å²) in [5.41, 5.74) is 0.128. The van der Waals surface area contributed by atoms with Crippen molar-refractivity contribution in [3.05, 3.63) is 77.1 Å². The van der Waals surface area contributed by atoms with Crippen LogP contribution < -0.4 is 5.32 Å². The van der Waals surface area contributed by atoms with E-state index in [0.717, 1.165) is 12.1 Å². The first-order valence-corrected chi connectivity index (χ1v) is 9.43. The highest BCUT2D eigenvalue weighted by Gasteiger charge is 2.29. The summed E-state index contributed by atoms with van der Waals surface area (Å²) in [5, 5.41) is 2.88. The van der Waals surface area contributed by atoms with Crippen molar-refractivity contribution in [2.45, 2.75) is 25.1 Å². The van der Waals surface area contributed by atoms with Crippen LogP contribution in [0.15, 0.2) is 54.6 Å². The zero-order valence-corrected chi connectivity index (χ0v) is 16.0. The molecule has 4 nitrogen and oxygen atoms in total. The fourth-order valence-corrected chi connectivity index (χ4v) is 3.17. The second-order valence-electron chi connectivity index (χ2n) is 7.03. The van der Waals surface area contributed by atoms with Crippen molar-refractivity contribution >= 4 is 17.9 Å². The number of nitrogens with zero attached hydrogens (tertiary/aromatic N) is 1. The maximum absolute atomic E-state index is 12.9. The Balaban J connectivity index is 1.48. The van der Waals surface area contributed by atoms with Gasteiger partial charge in [-0.25, -0.2) is 4.39 Å². The van der Waals surface area contributed by atoms with Crippen LogP contribution in [-0.2, 0) is 11.0 Å². The molecule has 2 aromatic rings. The molecule has 0 unspecified atom stereocenters. The number of amides is 2. The van der Waals surface area contributed by atoms with E-state index < -0.39 is 17.6 Å². The van der Waals surface area contributed by atoms with Gasteiger partial charge in [-0.2, -0.15) is 13.2 Å². The number of rotatable bonds is 4. The lowest BCUT2D eigenvalue weighted by Gasteiger charge is -2.31. The Morgan fingerprint density at radius 2 is 1.57 bits per heavy atom. The van der Waals surface area contributed by atoms with Crippen molar-refractivity contribution in [3.63, 3.8) is 0 Å². The summed E-state index contributed by atoms with van der Waals surface area (Å²) < 4.78 is 50.7. The molecule has 30 heavy (non-hydrogen) atoms. The largest absolute Gasteiger partial charge is 0.416 e. The van der Waals surface area contributed by atoms with Crippen LogP contribution in [0, 0.1) is 5.82 Å². The van der Waals surface area contributed by atoms with Crippen molar-refractivity contribution in [3.8, 4) is 0 Å². The first kappa shape index (κ1) is 21.5. The molecule has 158 valence electrons. The highest BCUT2D eigenvalue weighted by Crippen LogP contribution is 2.29. The first-order chi connectivity index (χ1) is 14.2. The maximum Gasteiger partial charge on any atom is 0.416 e. The summed E-state index contributed by atoms with van der Waals surface area (Å²) in [6, 6.07) is 9.74. The molecule has 0 bridgehead atoms. The van der Waals surface area contributed by atoms with Crippen LogP contribution in [0.5, 0.6) is 0 Å². The molecule has 0 aliphatic carbocycles. The van der Waals surface area contributed by atoms with Gasteiger partial charge in [-0.15, -0.1) is 0 Å². The van der Waals surface area contributed by atoms with Crippen molar-refractivity contribution < 1.29 is 27.2 Å². The van der Waals surface area contributed by atoms with Crippen LogP contribution in [0.3, 0.4) is 0 Å². The van der Waals surface area contributed by atoms with Crippen molar-refractivity contribution in [2.24, 2.45) is 0 Å². The van der Waals surface area contributed by atoms with E-state index in [1.54, 1.807) is 4.90 Å². The number of carbonyl (C=O) groups excluding carboxylic acids is 2. The van der Waals surface area contributed by atoms with E-state index in [-0.39, 0.29) is 17.9 Å². The summed E-state index contributed by atoms with van der Waals surface area (Å²) in [5.74, 6) is -0.942. The minimum absolute atomic E-state index is 0.0921. The minimum atomic E-state index is -4.39. The van der Waals surface area contributed by atoms with Crippen LogP contribution in [0.4, 0.5) is 17.6 Å². The number of hydrogen-bond acceptors (Lipinski definition) is 2. The molecule has 1 heterocycles. The smallest absolute Gasteiger partial charge is 0.349 e. The van der Waals surface area contributed by atoms with Gasteiger partial charge in [0.1, 0.15) is 5.82 Å². The number of alkyl halides is 3. The minimum Gasteiger partial charge on any atom is -0.349 e. The third-order valence-corrected chi connectivity index (χ3v) is 4.90. The normalized spacial score (nSPS) is 15.4. The average Bonchev–Trinajstić information content (AvgIpc) is 2.72. The van der Waals surface area contributed by atoms with Crippen molar-refractivity contribution in [2.75, 3.05) is 13.1 Å². The van der Waals surface area contributed by atoms with Gasteiger partial charge in [0.2, 0.25) is 5.91 Å². The van der Waals surface area contributed by atoms with Crippen LogP contribution in [0.1, 0.15) is 34.3 Å². The molecule has 2 amide bonds. The maximum atomic E-state index is 12.9. The Morgan fingerprint density at radius 3 is 2.13 bits per heavy atom. The standard InChI is InChI=1S/C22H20F4N2O2/c23-18-8-4-16(5-9-18)21(30)27-19-11-13-28(14-12-19)20(29)10-3-15-1-6-17(7-2-15)22(24,25)26/h1-10,19H,11-14H2,(H,27,30)/b10-3+. The Labute approximate surface area is 171 Å². The molecular formula is C22H20F4N2O2. The zero-order chi connectivity index (χ0) is 21.7. The van der Waals surface area contributed by atoms with Gasteiger partial charge in [0.05, 0.1) is 5.56 Å². The van der Waals surface area contributed by atoms with Gasteiger partial charge >= 0.3 is 6.18 Å². The summed E-state index contributed by atoms with van der Waals surface area (Å²) >= 11 is 0. The fraction of sp³-hybridized carbons (Fsp3) is 0.273. The predicted octanol–water partition coefficient (Wildman–Crippen LogP) is 4.28. The summed E-state index contributed by atoms with van der Waals surface area (Å²) in [7, 11) is 0. The molecule has 1 saturated heterocycles. The van der Waals surface area contributed by atoms with E-state index in [9.17, 15) is 27.2 Å². The third-order valence-electron chi connectivity index (χ3n) is 4.90. The molecule has 1 aliphatic heterocycles. The number of hydrogen-bond donors (Lipinski definition) is 1. The second-order valence-corrected chi connectivity index (χ2v) is 7.03. The van der Waals surface area contributed by atoms with Gasteiger partial charge in [-0.1, -0.05) is 12.1 Å². The predicted molar refractivity (Wildman–Crippen MR) is 104 cm³/mol. The van der Waals surface area contributed by atoms with Gasteiger partial charge in [0.25, 0.3) is 5.91 Å². The number of likely N-dealkylation sites (tertiary alicyclic amines) is 1. The van der Waals surface area contributed by atoms with E-state index in [1.165, 1.54) is 48.6 Å². The summed E-state index contributed by atoms with van der Waals surface area (Å²) in [4.78, 5) is 26.1. The van der Waals surface area contributed by atoms with Gasteiger partial charge in [-0.05, 0) is 60.9 Å². The molecule has 2 aromatic carbocycles. The lowest BCUT2D eigenvalue weighted by atomic mass is 10.0. The van der Waals surface area contributed by atoms with Crippen LogP contribution >= 0.6 is 0 Å². The van der Waals surface area contributed by atoms with Crippen molar-refractivity contribution in [1.82, 2.24) is 10.2 Å². The number of benzene rings is 2. The summed E-state index contributed by atoms with van der Waals surface area (Å²) in [6.07, 6.45) is -0.432. The van der Waals surface area contributed by atoms with E-state index in [2.05, 4.69) is 5.32 Å². The van der Waals surface area contributed by atoms with Crippen LogP contribution in [0.2, 0.25) is 0 Å². The first-order valence-electron chi connectivity index (χ1n) is 9.43. The SMILES string of the molecule is O=C(NC1CCN(C(=O)/C=C/c2ccc(C(F)(F)F)cc2)CC1)c1ccc(F)cc1. The van der Waals surface area contributed by atoms with Crippen LogP contribution in [0.25, 0.3) is 6.08 Å². The quantitative estimate of drug-likeness (QED) is 0.593. The van der Waals surface area contributed by atoms with Gasteiger partial charge in [0.15, 0.2) is 0 Å². The molecule has 0 saturated carbocycles. The van der Waals surface area contributed by atoms with Gasteiger partial charge in [-0.3, -0.25) is 9.59 Å². The highest BCUT2D eigenvalue weighted by molar-refractivity contribution is 5.94. The Kier molecular flexibility index (Phi) is 6.54. The molecule has 8 heteroatoms. The van der Waals surface area contributed by atoms with E-state index in [4.69, 9.17) is 0 Å². The van der Waals surface area contributed by atoms with Crippen molar-refractivity contribution in [1.29, 1.82) is 0 Å². The van der Waals surface area contributed by atoms with Crippen LogP contribution in [-0.4, -0.2) is 35.8 Å². The average molecular weight is 420 g/mol. The molecule has 1 N–H and O–H groups in total. The topological polar surface area (TPSA) is 49.4 Å². The Hall–Kier alpha value is -3.16. The van der Waals surface area contributed by atoms with E-state index in [1.807, 2.05) is 0 Å². The Bertz CT molecular complexity index is 914. The van der Waals surface area contributed by atoms with E-state index in [0.29, 0.717) is 37.1 Å². The Morgan fingerprint density at radius 1 is 0.967 bits per heavy atom. The second kappa shape index (κ2) is 9.11. The number of halogens is 4. The fourth-order valence-electron chi connectivity index (χ4n) is 3.17. The summed E-state index contributed by atoms with van der Waals surface area (Å²) in [6.45, 7) is 0.898. The number of piperidine rings is 1. The lowest BCUT2D eigenvalue weighted by molar-refractivity contribution is -0.137. The lowest BCUT2D eigenvalue weighted by Crippen LogP contribution is -2.46. The highest BCUT2D eigenvalue weighted by atomic mass is 19.4. The molecule has 3 rings (SSSR count). The zero-order valence-electron chi connectivity index (χ0n) is 16.0. The molecule has 0 atom stereocenters. The number of carbonyl (C=O) groups is 2. The molecular weight excluding hydrogens is 400 g/mol. The molecule has 0 radical (unpaired) electrons. The third kappa shape index (κ3) is 5.68. The monoisotopic (exact) mass is 420 g/mol. The molecule has 0 aromatic heterocycles. The van der Waals surface area contributed by atoms with Gasteiger partial charge in [0, 0.05) is 30.8 Å². The van der Waals surface area contributed by atoms with Gasteiger partial charge < -0.3 is 10.2 Å². The molecule has 1 fully saturated rings. The molecule has 0 spiro atoms. The molecule has 1 aliphatic rings. The number of nitrogens with one attached hydrogen (secondary N) is 1.